The smallest absolute Gasteiger partial charge is 0.131 e. The standard InChI is InChI=1S/C20H22FN3/c1-4-7-17-23-19(12(2)3)18(22)20(24-17)15-10-11-16(21)14-9-6-5-8-13(14)15/h5-6,8-12H,4,7,22H2,1-3H3. The zero-order valence-corrected chi connectivity index (χ0v) is 14.3. The SMILES string of the molecule is CCCc1nc(-c2ccc(F)c3ccccc23)c(N)c(C(C)C)n1. The molecule has 0 radical (unpaired) electrons. The van der Waals surface area contributed by atoms with Gasteiger partial charge in [-0.1, -0.05) is 45.0 Å². The molecule has 3 aromatic rings. The predicted octanol–water partition coefficient (Wildman–Crippen LogP) is 5.09. The lowest BCUT2D eigenvalue weighted by atomic mass is 9.98. The van der Waals surface area contributed by atoms with Crippen molar-refractivity contribution in [1.29, 1.82) is 0 Å². The number of hydrogen-bond acceptors (Lipinski definition) is 3. The zero-order valence-electron chi connectivity index (χ0n) is 14.3. The van der Waals surface area contributed by atoms with Crippen LogP contribution in [0.15, 0.2) is 36.4 Å². The molecule has 2 aromatic carbocycles. The van der Waals surface area contributed by atoms with Gasteiger partial charge in [0.2, 0.25) is 0 Å². The van der Waals surface area contributed by atoms with E-state index in [1.54, 1.807) is 12.1 Å². The van der Waals surface area contributed by atoms with Gasteiger partial charge >= 0.3 is 0 Å². The Balaban J connectivity index is 2.32. The van der Waals surface area contributed by atoms with Crippen molar-refractivity contribution in [2.24, 2.45) is 0 Å². The van der Waals surface area contributed by atoms with Crippen LogP contribution in [0.2, 0.25) is 0 Å². The summed E-state index contributed by atoms with van der Waals surface area (Å²) in [7, 11) is 0. The van der Waals surface area contributed by atoms with Gasteiger partial charge in [0.05, 0.1) is 17.1 Å². The molecule has 3 nitrogen and oxygen atoms in total. The van der Waals surface area contributed by atoms with Crippen LogP contribution in [0.4, 0.5) is 10.1 Å². The highest BCUT2D eigenvalue weighted by atomic mass is 19.1. The maximum absolute atomic E-state index is 14.1. The van der Waals surface area contributed by atoms with Crippen molar-refractivity contribution in [3.05, 3.63) is 53.7 Å². The lowest BCUT2D eigenvalue weighted by molar-refractivity contribution is 0.640. The molecule has 4 heteroatoms. The summed E-state index contributed by atoms with van der Waals surface area (Å²) in [5, 5.41) is 1.40. The van der Waals surface area contributed by atoms with Gasteiger partial charge in [0.15, 0.2) is 0 Å². The number of fused-ring (bicyclic) bond motifs is 1. The van der Waals surface area contributed by atoms with Gasteiger partial charge in [-0.05, 0) is 29.9 Å². The first-order valence-corrected chi connectivity index (χ1v) is 8.36. The topological polar surface area (TPSA) is 51.8 Å². The molecule has 0 saturated carbocycles. The molecule has 1 aromatic heterocycles. The van der Waals surface area contributed by atoms with E-state index in [0.29, 0.717) is 16.8 Å². The number of benzene rings is 2. The molecule has 24 heavy (non-hydrogen) atoms. The minimum absolute atomic E-state index is 0.203. The van der Waals surface area contributed by atoms with E-state index in [9.17, 15) is 4.39 Å². The molecule has 0 unspecified atom stereocenters. The van der Waals surface area contributed by atoms with E-state index in [-0.39, 0.29) is 11.7 Å². The van der Waals surface area contributed by atoms with Crippen molar-refractivity contribution >= 4 is 16.5 Å². The average molecular weight is 323 g/mol. The molecule has 0 saturated heterocycles. The largest absolute Gasteiger partial charge is 0.395 e. The van der Waals surface area contributed by atoms with Crippen LogP contribution in [-0.2, 0) is 6.42 Å². The number of aromatic nitrogens is 2. The van der Waals surface area contributed by atoms with Crippen molar-refractivity contribution in [2.45, 2.75) is 39.5 Å². The molecule has 0 amide bonds. The van der Waals surface area contributed by atoms with Crippen LogP contribution >= 0.6 is 0 Å². The third-order valence-electron chi connectivity index (χ3n) is 4.17. The average Bonchev–Trinajstić information content (AvgIpc) is 2.57. The van der Waals surface area contributed by atoms with E-state index in [0.717, 1.165) is 35.3 Å². The first-order chi connectivity index (χ1) is 11.5. The van der Waals surface area contributed by atoms with Crippen molar-refractivity contribution < 1.29 is 4.39 Å². The first kappa shape index (κ1) is 16.4. The van der Waals surface area contributed by atoms with Gasteiger partial charge in [0, 0.05) is 17.4 Å². The minimum Gasteiger partial charge on any atom is -0.395 e. The van der Waals surface area contributed by atoms with Gasteiger partial charge in [0.25, 0.3) is 0 Å². The molecule has 3 rings (SSSR count). The number of nitrogens with zero attached hydrogens (tertiary/aromatic N) is 2. The quantitative estimate of drug-likeness (QED) is 0.727. The Hall–Kier alpha value is -2.49. The van der Waals surface area contributed by atoms with E-state index >= 15 is 0 Å². The van der Waals surface area contributed by atoms with E-state index in [1.807, 2.05) is 18.2 Å². The number of nitrogen functional groups attached to an aromatic ring is 1. The fourth-order valence-corrected chi connectivity index (χ4v) is 2.98. The summed E-state index contributed by atoms with van der Waals surface area (Å²) in [5.74, 6) is 0.757. The minimum atomic E-state index is -0.236. The molecule has 0 fully saturated rings. The molecular formula is C20H22FN3. The van der Waals surface area contributed by atoms with Gasteiger partial charge in [-0.2, -0.15) is 0 Å². The van der Waals surface area contributed by atoms with Crippen LogP contribution in [0.3, 0.4) is 0 Å². The van der Waals surface area contributed by atoms with Crippen LogP contribution in [0.25, 0.3) is 22.0 Å². The number of rotatable bonds is 4. The Bertz CT molecular complexity index is 887. The highest BCUT2D eigenvalue weighted by Gasteiger charge is 2.18. The second kappa shape index (κ2) is 6.56. The van der Waals surface area contributed by atoms with Crippen molar-refractivity contribution in [2.75, 3.05) is 5.73 Å². The zero-order chi connectivity index (χ0) is 17.3. The predicted molar refractivity (Wildman–Crippen MR) is 97.4 cm³/mol. The number of aryl methyl sites for hydroxylation is 1. The molecule has 1 heterocycles. The van der Waals surface area contributed by atoms with Gasteiger partial charge in [-0.25, -0.2) is 14.4 Å². The summed E-state index contributed by atoms with van der Waals surface area (Å²) >= 11 is 0. The van der Waals surface area contributed by atoms with Gasteiger partial charge in [-0.15, -0.1) is 0 Å². The fourth-order valence-electron chi connectivity index (χ4n) is 2.98. The maximum Gasteiger partial charge on any atom is 0.131 e. The summed E-state index contributed by atoms with van der Waals surface area (Å²) in [6, 6.07) is 10.7. The van der Waals surface area contributed by atoms with Crippen molar-refractivity contribution in [3.8, 4) is 11.3 Å². The molecular weight excluding hydrogens is 301 g/mol. The summed E-state index contributed by atoms with van der Waals surface area (Å²) in [5.41, 5.74) is 9.39. The van der Waals surface area contributed by atoms with Crippen molar-refractivity contribution in [3.63, 3.8) is 0 Å². The second-order valence-electron chi connectivity index (χ2n) is 6.33. The van der Waals surface area contributed by atoms with Crippen LogP contribution < -0.4 is 5.73 Å². The number of nitrogens with two attached hydrogens (primary N) is 1. The Labute approximate surface area is 141 Å². The van der Waals surface area contributed by atoms with Crippen LogP contribution in [0, 0.1) is 5.82 Å². The lowest BCUT2D eigenvalue weighted by Crippen LogP contribution is -2.09. The summed E-state index contributed by atoms with van der Waals surface area (Å²) in [4.78, 5) is 9.33. The molecule has 0 atom stereocenters. The third-order valence-corrected chi connectivity index (χ3v) is 4.17. The van der Waals surface area contributed by atoms with Crippen LogP contribution in [0.1, 0.15) is 44.6 Å². The van der Waals surface area contributed by atoms with Crippen LogP contribution in [-0.4, -0.2) is 9.97 Å². The molecule has 0 spiro atoms. The van der Waals surface area contributed by atoms with E-state index in [1.165, 1.54) is 6.07 Å². The van der Waals surface area contributed by atoms with Gasteiger partial charge in [0.1, 0.15) is 11.6 Å². The Morgan fingerprint density at radius 3 is 2.42 bits per heavy atom. The van der Waals surface area contributed by atoms with Crippen LogP contribution in [0.5, 0.6) is 0 Å². The molecule has 124 valence electrons. The first-order valence-electron chi connectivity index (χ1n) is 8.36. The summed E-state index contributed by atoms with van der Waals surface area (Å²) in [6.45, 7) is 6.24. The Morgan fingerprint density at radius 2 is 1.75 bits per heavy atom. The number of hydrogen-bond donors (Lipinski definition) is 1. The Morgan fingerprint density at radius 1 is 1.04 bits per heavy atom. The monoisotopic (exact) mass is 323 g/mol. The molecule has 0 bridgehead atoms. The van der Waals surface area contributed by atoms with Gasteiger partial charge in [-0.3, -0.25) is 0 Å². The maximum atomic E-state index is 14.1. The third kappa shape index (κ3) is 2.84. The van der Waals surface area contributed by atoms with Gasteiger partial charge < -0.3 is 5.73 Å². The molecule has 0 aliphatic rings. The number of anilines is 1. The molecule has 0 aliphatic heterocycles. The molecule has 2 N–H and O–H groups in total. The highest BCUT2D eigenvalue weighted by molar-refractivity contribution is 5.98. The normalized spacial score (nSPS) is 11.4. The lowest BCUT2D eigenvalue weighted by Gasteiger charge is -2.16. The van der Waals surface area contributed by atoms with E-state index < -0.39 is 0 Å². The number of halogens is 1. The van der Waals surface area contributed by atoms with Crippen molar-refractivity contribution in [1.82, 2.24) is 9.97 Å². The summed E-state index contributed by atoms with van der Waals surface area (Å²) in [6.07, 6.45) is 1.76. The second-order valence-corrected chi connectivity index (χ2v) is 6.33. The molecule has 0 aliphatic carbocycles. The van der Waals surface area contributed by atoms with E-state index in [2.05, 4.69) is 25.8 Å². The fraction of sp³-hybridized carbons (Fsp3) is 0.300. The highest BCUT2D eigenvalue weighted by Crippen LogP contribution is 2.35. The summed E-state index contributed by atoms with van der Waals surface area (Å²) < 4.78 is 14.1. The van der Waals surface area contributed by atoms with E-state index in [4.69, 9.17) is 10.7 Å². The Kier molecular flexibility index (Phi) is 4.47.